The van der Waals surface area contributed by atoms with E-state index in [1.165, 1.54) is 7.11 Å². The first-order valence-corrected chi connectivity index (χ1v) is 7.18. The van der Waals surface area contributed by atoms with E-state index < -0.39 is 11.9 Å². The zero-order valence-corrected chi connectivity index (χ0v) is 13.5. The summed E-state index contributed by atoms with van der Waals surface area (Å²) in [7, 11) is 1.24. The van der Waals surface area contributed by atoms with Crippen molar-refractivity contribution in [2.45, 2.75) is 33.1 Å². The fourth-order valence-electron chi connectivity index (χ4n) is 1.68. The highest BCUT2D eigenvalue weighted by molar-refractivity contribution is 6.01. The molecule has 9 heteroatoms. The Hall–Kier alpha value is -2.84. The molecule has 0 spiro atoms. The first-order valence-electron chi connectivity index (χ1n) is 7.18. The second kappa shape index (κ2) is 9.23. The maximum atomic E-state index is 11.3. The van der Waals surface area contributed by atoms with E-state index in [0.29, 0.717) is 11.6 Å². The van der Waals surface area contributed by atoms with E-state index in [2.05, 4.69) is 30.4 Å². The van der Waals surface area contributed by atoms with Crippen LogP contribution in [-0.2, 0) is 27.2 Å². The number of rotatable bonds is 5. The fraction of sp³-hybridized carbons (Fsp3) is 0.429. The zero-order valence-electron chi connectivity index (χ0n) is 13.5. The Morgan fingerprint density at radius 3 is 2.26 bits per heavy atom. The summed E-state index contributed by atoms with van der Waals surface area (Å²) in [6.07, 6.45) is 4.79. The van der Waals surface area contributed by atoms with Gasteiger partial charge in [-0.3, -0.25) is 19.8 Å². The molecule has 126 valence electrons. The molecule has 0 bridgehead atoms. The smallest absolute Gasteiger partial charge is 0.315 e. The van der Waals surface area contributed by atoms with Gasteiger partial charge in [-0.05, 0) is 12.8 Å². The van der Waals surface area contributed by atoms with Crippen LogP contribution in [0.15, 0.2) is 12.4 Å². The maximum absolute atomic E-state index is 11.3. The Morgan fingerprint density at radius 1 is 1.17 bits per heavy atom. The van der Waals surface area contributed by atoms with Gasteiger partial charge in [0.25, 0.3) is 0 Å². The largest absolute Gasteiger partial charge is 0.469 e. The van der Waals surface area contributed by atoms with Gasteiger partial charge >= 0.3 is 5.97 Å². The lowest BCUT2D eigenvalue weighted by molar-refractivity contribution is -0.142. The van der Waals surface area contributed by atoms with E-state index in [0.717, 1.165) is 24.0 Å². The summed E-state index contributed by atoms with van der Waals surface area (Å²) in [5.74, 6) is 0.241. The Kier molecular flexibility index (Phi) is 7.31. The summed E-state index contributed by atoms with van der Waals surface area (Å²) in [6, 6.07) is 0. The number of nitrogens with two attached hydrogens (primary N) is 1. The Labute approximate surface area is 134 Å². The quantitative estimate of drug-likeness (QED) is 0.479. The second-order valence-electron chi connectivity index (χ2n) is 4.59. The van der Waals surface area contributed by atoms with Crippen LogP contribution in [0.25, 0.3) is 0 Å². The summed E-state index contributed by atoms with van der Waals surface area (Å²) >= 11 is 0. The summed E-state index contributed by atoms with van der Waals surface area (Å²) in [5, 5.41) is 15.4. The molecule has 2 heterocycles. The van der Waals surface area contributed by atoms with Crippen LogP contribution in [0.1, 0.15) is 31.4 Å². The third kappa shape index (κ3) is 5.81. The molecule has 0 aromatic carbocycles. The molecule has 0 radical (unpaired) electrons. The number of methoxy groups -OCH3 is 1. The zero-order chi connectivity index (χ0) is 17.2. The van der Waals surface area contributed by atoms with Crippen molar-refractivity contribution >= 4 is 23.5 Å². The maximum Gasteiger partial charge on any atom is 0.315 e. The van der Waals surface area contributed by atoms with Crippen molar-refractivity contribution in [1.82, 2.24) is 20.4 Å². The first-order chi connectivity index (χ1) is 11.0. The van der Waals surface area contributed by atoms with Gasteiger partial charge in [0.2, 0.25) is 5.91 Å². The van der Waals surface area contributed by atoms with Crippen molar-refractivity contribution in [1.29, 1.82) is 0 Å². The molecule has 0 aliphatic carbocycles. The first kappa shape index (κ1) is 18.2. The highest BCUT2D eigenvalue weighted by Gasteiger charge is 2.12. The molecule has 0 atom stereocenters. The minimum atomic E-state index is -0.565. The molecule has 9 nitrogen and oxygen atoms in total. The molecule has 2 aromatic heterocycles. The van der Waals surface area contributed by atoms with Gasteiger partial charge in [0.15, 0.2) is 0 Å². The van der Waals surface area contributed by atoms with E-state index in [4.69, 9.17) is 5.73 Å². The Morgan fingerprint density at radius 2 is 1.78 bits per heavy atom. The van der Waals surface area contributed by atoms with Gasteiger partial charge in [-0.25, -0.2) is 0 Å². The van der Waals surface area contributed by atoms with E-state index in [9.17, 15) is 9.59 Å². The molecule has 0 aliphatic heterocycles. The number of nitrogen functional groups attached to an aromatic ring is 1. The standard InChI is InChI=1S/C9H13N3O3.C5H9N3/c1-3-6-5-10-12-9(6)11-7(13)4-8(14)15-2;1-2-4-3-7-8-5(4)6/h5H,3-4H2,1-2H3,(H2,10,11,12,13);3H,2H2,1H3,(H3,6,7,8). The van der Waals surface area contributed by atoms with Crippen LogP contribution in [0.3, 0.4) is 0 Å². The molecule has 0 saturated heterocycles. The van der Waals surface area contributed by atoms with Crippen molar-refractivity contribution in [3.05, 3.63) is 23.5 Å². The number of aryl methyl sites for hydroxylation is 2. The number of nitrogens with zero attached hydrogens (tertiary/aromatic N) is 2. The predicted molar refractivity (Wildman–Crippen MR) is 85.6 cm³/mol. The molecular formula is C14H22N6O3. The number of aromatic nitrogens is 4. The molecule has 23 heavy (non-hydrogen) atoms. The molecule has 0 unspecified atom stereocenters. The van der Waals surface area contributed by atoms with E-state index in [1.807, 2.05) is 13.8 Å². The lowest BCUT2D eigenvalue weighted by Gasteiger charge is -2.03. The average Bonchev–Trinajstić information content (AvgIpc) is 3.15. The molecular weight excluding hydrogens is 300 g/mol. The number of hydrogen-bond acceptors (Lipinski definition) is 6. The van der Waals surface area contributed by atoms with Gasteiger partial charge in [0, 0.05) is 11.1 Å². The lowest BCUT2D eigenvalue weighted by Crippen LogP contribution is -2.18. The van der Waals surface area contributed by atoms with Crippen molar-refractivity contribution in [2.75, 3.05) is 18.2 Å². The molecule has 2 rings (SSSR count). The van der Waals surface area contributed by atoms with Crippen molar-refractivity contribution < 1.29 is 14.3 Å². The summed E-state index contributed by atoms with van der Waals surface area (Å²) < 4.78 is 4.37. The van der Waals surface area contributed by atoms with E-state index in [-0.39, 0.29) is 6.42 Å². The Bertz CT molecular complexity index is 634. The van der Waals surface area contributed by atoms with Crippen molar-refractivity contribution in [3.8, 4) is 0 Å². The van der Waals surface area contributed by atoms with Crippen LogP contribution >= 0.6 is 0 Å². The topological polar surface area (TPSA) is 139 Å². The SMILES string of the molecule is CCc1cn[nH]c1N.CCc1cn[nH]c1NC(=O)CC(=O)OC. The highest BCUT2D eigenvalue weighted by Crippen LogP contribution is 2.11. The summed E-state index contributed by atoms with van der Waals surface area (Å²) in [5.41, 5.74) is 7.42. The normalized spacial score (nSPS) is 9.70. The number of aromatic amines is 2. The lowest BCUT2D eigenvalue weighted by atomic mass is 10.2. The van der Waals surface area contributed by atoms with Crippen LogP contribution in [-0.4, -0.2) is 39.4 Å². The number of esters is 1. The van der Waals surface area contributed by atoms with Crippen LogP contribution < -0.4 is 11.1 Å². The van der Waals surface area contributed by atoms with Crippen LogP contribution in [0.5, 0.6) is 0 Å². The fourth-order valence-corrected chi connectivity index (χ4v) is 1.68. The Balaban J connectivity index is 0.000000277. The number of H-pyrrole nitrogens is 2. The van der Waals surface area contributed by atoms with Crippen molar-refractivity contribution in [2.24, 2.45) is 0 Å². The van der Waals surface area contributed by atoms with Gasteiger partial charge in [-0.2, -0.15) is 10.2 Å². The third-order valence-corrected chi connectivity index (χ3v) is 3.03. The van der Waals surface area contributed by atoms with E-state index in [1.54, 1.807) is 12.4 Å². The molecule has 2 aromatic rings. The number of nitrogens with one attached hydrogen (secondary N) is 3. The van der Waals surface area contributed by atoms with Gasteiger partial charge in [-0.15, -0.1) is 0 Å². The summed E-state index contributed by atoms with van der Waals surface area (Å²) in [6.45, 7) is 3.99. The minimum Gasteiger partial charge on any atom is -0.469 e. The van der Waals surface area contributed by atoms with Gasteiger partial charge in [0.05, 0.1) is 19.5 Å². The van der Waals surface area contributed by atoms with Gasteiger partial charge in [-0.1, -0.05) is 13.8 Å². The van der Waals surface area contributed by atoms with Crippen LogP contribution in [0, 0.1) is 0 Å². The number of ether oxygens (including phenoxy) is 1. The number of hydrogen-bond donors (Lipinski definition) is 4. The minimum absolute atomic E-state index is 0.293. The number of amides is 1. The third-order valence-electron chi connectivity index (χ3n) is 3.03. The molecule has 1 amide bonds. The average molecular weight is 322 g/mol. The summed E-state index contributed by atoms with van der Waals surface area (Å²) in [4.78, 5) is 22.1. The van der Waals surface area contributed by atoms with Gasteiger partial charge in [0.1, 0.15) is 18.1 Å². The molecule has 0 saturated carbocycles. The van der Waals surface area contributed by atoms with Crippen molar-refractivity contribution in [3.63, 3.8) is 0 Å². The second-order valence-corrected chi connectivity index (χ2v) is 4.59. The van der Waals surface area contributed by atoms with Crippen LogP contribution in [0.2, 0.25) is 0 Å². The van der Waals surface area contributed by atoms with Gasteiger partial charge < -0.3 is 15.8 Å². The molecule has 5 N–H and O–H groups in total. The number of anilines is 2. The predicted octanol–water partition coefficient (Wildman–Crippen LogP) is 1.03. The monoisotopic (exact) mass is 322 g/mol. The van der Waals surface area contributed by atoms with E-state index >= 15 is 0 Å². The van der Waals surface area contributed by atoms with Crippen LogP contribution in [0.4, 0.5) is 11.6 Å². The number of carbonyl (C=O) groups excluding carboxylic acids is 2. The molecule has 0 aliphatic rings. The highest BCUT2D eigenvalue weighted by atomic mass is 16.5. The molecule has 0 fully saturated rings. The number of carbonyl (C=O) groups is 2.